The van der Waals surface area contributed by atoms with Crippen molar-refractivity contribution in [3.63, 3.8) is 0 Å². The minimum atomic E-state index is 0.135. The second-order valence-electron chi connectivity index (χ2n) is 5.35. The van der Waals surface area contributed by atoms with E-state index in [-0.39, 0.29) is 17.2 Å². The number of hydrogen-bond donors (Lipinski definition) is 1. The SMILES string of the molecule is CN(C(=O)C1CC1(C)C)c1ccc(Br)cc1N. The molecule has 1 amide bonds. The van der Waals surface area contributed by atoms with E-state index in [0.717, 1.165) is 16.6 Å². The lowest BCUT2D eigenvalue weighted by molar-refractivity contribution is -0.120. The zero-order chi connectivity index (χ0) is 12.8. The van der Waals surface area contributed by atoms with Crippen molar-refractivity contribution in [2.45, 2.75) is 20.3 Å². The van der Waals surface area contributed by atoms with E-state index in [0.29, 0.717) is 5.69 Å². The fourth-order valence-corrected chi connectivity index (χ4v) is 2.45. The monoisotopic (exact) mass is 296 g/mol. The lowest BCUT2D eigenvalue weighted by Gasteiger charge is -2.20. The molecule has 0 bridgehead atoms. The van der Waals surface area contributed by atoms with Crippen LogP contribution in [0.5, 0.6) is 0 Å². The number of rotatable bonds is 2. The van der Waals surface area contributed by atoms with Crippen LogP contribution in [0, 0.1) is 11.3 Å². The average molecular weight is 297 g/mol. The first-order valence-electron chi connectivity index (χ1n) is 5.65. The van der Waals surface area contributed by atoms with Crippen molar-refractivity contribution in [2.24, 2.45) is 11.3 Å². The molecule has 17 heavy (non-hydrogen) atoms. The number of nitrogens with two attached hydrogens (primary N) is 1. The van der Waals surface area contributed by atoms with Gasteiger partial charge in [0.25, 0.3) is 0 Å². The minimum Gasteiger partial charge on any atom is -0.397 e. The summed E-state index contributed by atoms with van der Waals surface area (Å²) in [6.45, 7) is 4.24. The van der Waals surface area contributed by atoms with Gasteiger partial charge in [-0.3, -0.25) is 4.79 Å². The third kappa shape index (κ3) is 2.32. The maximum atomic E-state index is 12.2. The van der Waals surface area contributed by atoms with Crippen molar-refractivity contribution in [2.75, 3.05) is 17.7 Å². The molecule has 1 saturated carbocycles. The van der Waals surface area contributed by atoms with E-state index in [1.54, 1.807) is 11.9 Å². The van der Waals surface area contributed by atoms with E-state index < -0.39 is 0 Å². The van der Waals surface area contributed by atoms with E-state index in [9.17, 15) is 4.79 Å². The molecule has 1 atom stereocenters. The number of nitrogens with zero attached hydrogens (tertiary/aromatic N) is 1. The molecule has 0 aromatic heterocycles. The van der Waals surface area contributed by atoms with Crippen LogP contribution < -0.4 is 10.6 Å². The fourth-order valence-electron chi connectivity index (χ4n) is 2.07. The Bertz CT molecular complexity index is 470. The molecule has 0 aliphatic heterocycles. The summed E-state index contributed by atoms with van der Waals surface area (Å²) in [5.41, 5.74) is 7.47. The molecule has 1 aromatic rings. The lowest BCUT2D eigenvalue weighted by atomic mass is 10.1. The molecule has 0 heterocycles. The third-order valence-electron chi connectivity index (χ3n) is 3.49. The summed E-state index contributed by atoms with van der Waals surface area (Å²) >= 11 is 3.36. The van der Waals surface area contributed by atoms with E-state index >= 15 is 0 Å². The quantitative estimate of drug-likeness (QED) is 0.853. The van der Waals surface area contributed by atoms with Crippen molar-refractivity contribution in [3.05, 3.63) is 22.7 Å². The molecule has 3 nitrogen and oxygen atoms in total. The summed E-state index contributed by atoms with van der Waals surface area (Å²) < 4.78 is 0.923. The zero-order valence-corrected chi connectivity index (χ0v) is 11.9. The van der Waals surface area contributed by atoms with Gasteiger partial charge in [0, 0.05) is 17.4 Å². The molecule has 1 aliphatic carbocycles. The highest BCUT2D eigenvalue weighted by atomic mass is 79.9. The highest BCUT2D eigenvalue weighted by Crippen LogP contribution is 2.52. The van der Waals surface area contributed by atoms with Crippen LogP contribution in [-0.2, 0) is 4.79 Å². The predicted octanol–water partition coefficient (Wildman–Crippen LogP) is 3.04. The molecule has 0 spiro atoms. The highest BCUT2D eigenvalue weighted by Gasteiger charge is 2.51. The summed E-state index contributed by atoms with van der Waals surface area (Å²) in [4.78, 5) is 13.9. The molecule has 1 aromatic carbocycles. The van der Waals surface area contributed by atoms with Gasteiger partial charge in [-0.05, 0) is 30.0 Å². The van der Waals surface area contributed by atoms with Crippen LogP contribution >= 0.6 is 15.9 Å². The summed E-state index contributed by atoms with van der Waals surface area (Å²) in [7, 11) is 1.79. The molecule has 2 N–H and O–H groups in total. The molecule has 0 saturated heterocycles. The number of amides is 1. The Morgan fingerprint density at radius 1 is 1.53 bits per heavy atom. The van der Waals surface area contributed by atoms with Gasteiger partial charge in [-0.2, -0.15) is 0 Å². The summed E-state index contributed by atoms with van der Waals surface area (Å²) in [5, 5.41) is 0. The van der Waals surface area contributed by atoms with Gasteiger partial charge in [-0.1, -0.05) is 29.8 Å². The van der Waals surface area contributed by atoms with Crippen LogP contribution in [0.2, 0.25) is 0 Å². The number of carbonyl (C=O) groups is 1. The third-order valence-corrected chi connectivity index (χ3v) is 3.99. The van der Waals surface area contributed by atoms with Crippen LogP contribution in [-0.4, -0.2) is 13.0 Å². The van der Waals surface area contributed by atoms with Crippen LogP contribution in [0.25, 0.3) is 0 Å². The molecule has 0 radical (unpaired) electrons. The van der Waals surface area contributed by atoms with E-state index in [1.807, 2.05) is 18.2 Å². The summed E-state index contributed by atoms with van der Waals surface area (Å²) in [6.07, 6.45) is 0.965. The number of benzene rings is 1. The van der Waals surface area contributed by atoms with Gasteiger partial charge in [0.15, 0.2) is 0 Å². The first-order chi connectivity index (χ1) is 7.83. The summed E-state index contributed by atoms with van der Waals surface area (Å²) in [6, 6.07) is 5.58. The largest absolute Gasteiger partial charge is 0.397 e. The summed E-state index contributed by atoms with van der Waals surface area (Å²) in [5.74, 6) is 0.291. The molecule has 2 rings (SSSR count). The Morgan fingerprint density at radius 3 is 2.59 bits per heavy atom. The number of carbonyl (C=O) groups excluding carboxylic acids is 1. The zero-order valence-electron chi connectivity index (χ0n) is 10.3. The van der Waals surface area contributed by atoms with Gasteiger partial charge in [0.2, 0.25) is 5.91 Å². The Labute approximate surface area is 110 Å². The van der Waals surface area contributed by atoms with Crippen molar-refractivity contribution >= 4 is 33.2 Å². The second kappa shape index (κ2) is 4.02. The fraction of sp³-hybridized carbons (Fsp3) is 0.462. The maximum Gasteiger partial charge on any atom is 0.230 e. The van der Waals surface area contributed by atoms with Crippen LogP contribution in [0.4, 0.5) is 11.4 Å². The Kier molecular flexibility index (Phi) is 2.94. The maximum absolute atomic E-state index is 12.2. The van der Waals surface area contributed by atoms with Crippen LogP contribution in [0.1, 0.15) is 20.3 Å². The van der Waals surface area contributed by atoms with Gasteiger partial charge >= 0.3 is 0 Å². The molecule has 1 aliphatic rings. The van der Waals surface area contributed by atoms with E-state index in [4.69, 9.17) is 5.73 Å². The van der Waals surface area contributed by atoms with Crippen molar-refractivity contribution < 1.29 is 4.79 Å². The molecule has 1 unspecified atom stereocenters. The van der Waals surface area contributed by atoms with E-state index in [2.05, 4.69) is 29.8 Å². The average Bonchev–Trinajstić information content (AvgIpc) is 2.86. The van der Waals surface area contributed by atoms with E-state index in [1.165, 1.54) is 0 Å². The van der Waals surface area contributed by atoms with Crippen molar-refractivity contribution in [1.82, 2.24) is 0 Å². The first kappa shape index (κ1) is 12.4. The van der Waals surface area contributed by atoms with Gasteiger partial charge in [-0.15, -0.1) is 0 Å². The number of hydrogen-bond acceptors (Lipinski definition) is 2. The number of halogens is 1. The van der Waals surface area contributed by atoms with Crippen LogP contribution in [0.3, 0.4) is 0 Å². The number of nitrogen functional groups attached to an aromatic ring is 1. The van der Waals surface area contributed by atoms with Crippen molar-refractivity contribution in [3.8, 4) is 0 Å². The second-order valence-corrected chi connectivity index (χ2v) is 6.26. The predicted molar refractivity (Wildman–Crippen MR) is 73.9 cm³/mol. The topological polar surface area (TPSA) is 46.3 Å². The molecule has 92 valence electrons. The smallest absolute Gasteiger partial charge is 0.230 e. The lowest BCUT2D eigenvalue weighted by Crippen LogP contribution is -2.29. The van der Waals surface area contributed by atoms with Gasteiger partial charge in [0.1, 0.15) is 0 Å². The van der Waals surface area contributed by atoms with Crippen LogP contribution in [0.15, 0.2) is 22.7 Å². The molecular weight excluding hydrogens is 280 g/mol. The minimum absolute atomic E-state index is 0.135. The standard InChI is InChI=1S/C13H17BrN2O/c1-13(2)7-9(13)12(17)16(3)11-5-4-8(14)6-10(11)15/h4-6,9H,7,15H2,1-3H3. The Hall–Kier alpha value is -1.03. The van der Waals surface area contributed by atoms with Gasteiger partial charge in [0.05, 0.1) is 11.4 Å². The first-order valence-corrected chi connectivity index (χ1v) is 6.45. The molecule has 1 fully saturated rings. The highest BCUT2D eigenvalue weighted by molar-refractivity contribution is 9.10. The number of anilines is 2. The molecular formula is C13H17BrN2O. The molecule has 4 heteroatoms. The van der Waals surface area contributed by atoms with Gasteiger partial charge < -0.3 is 10.6 Å². The normalized spacial score (nSPS) is 21.1. The Morgan fingerprint density at radius 2 is 2.12 bits per heavy atom. The van der Waals surface area contributed by atoms with Crippen molar-refractivity contribution in [1.29, 1.82) is 0 Å². The Balaban J connectivity index is 2.20. The van der Waals surface area contributed by atoms with Gasteiger partial charge in [-0.25, -0.2) is 0 Å².